The van der Waals surface area contributed by atoms with E-state index < -0.39 is 0 Å². The third-order valence-corrected chi connectivity index (χ3v) is 5.54. The molecule has 0 bridgehead atoms. The van der Waals surface area contributed by atoms with Crippen molar-refractivity contribution < 1.29 is 23.7 Å². The second kappa shape index (κ2) is 10.4. The van der Waals surface area contributed by atoms with E-state index in [9.17, 15) is 9.18 Å². The fourth-order valence-corrected chi connectivity index (χ4v) is 4.02. The van der Waals surface area contributed by atoms with E-state index >= 15 is 0 Å². The van der Waals surface area contributed by atoms with Gasteiger partial charge in [-0.05, 0) is 18.2 Å². The molecule has 0 aromatic heterocycles. The number of halogens is 1. The molecule has 1 aliphatic heterocycles. The number of quaternary nitrogens is 2. The minimum Gasteiger partial charge on any atom is -0.494 e. The molecule has 5 nitrogen and oxygen atoms in total. The van der Waals surface area contributed by atoms with Crippen molar-refractivity contribution in [2.24, 2.45) is 0 Å². The molecule has 3 N–H and O–H groups in total. The molecule has 156 valence electrons. The van der Waals surface area contributed by atoms with E-state index in [2.05, 4.69) is 29.6 Å². The fourth-order valence-electron chi connectivity index (χ4n) is 4.02. The Bertz CT molecular complexity index is 792. The zero-order valence-electron chi connectivity index (χ0n) is 17.3. The predicted molar refractivity (Wildman–Crippen MR) is 110 cm³/mol. The molecule has 1 heterocycles. The van der Waals surface area contributed by atoms with Gasteiger partial charge in [-0.15, -0.1) is 0 Å². The Balaban J connectivity index is 1.39. The number of hydrogen-bond donors (Lipinski definition) is 3. The molecule has 1 amide bonds. The number of carbonyl (C=O) groups is 1. The van der Waals surface area contributed by atoms with Crippen LogP contribution in [0.25, 0.3) is 0 Å². The molecule has 1 aliphatic rings. The molecular weight excluding hydrogens is 369 g/mol. The van der Waals surface area contributed by atoms with Crippen LogP contribution in [0.5, 0.6) is 5.75 Å². The number of methoxy groups -OCH3 is 1. The van der Waals surface area contributed by atoms with Crippen LogP contribution in [-0.2, 0) is 17.9 Å². The first-order chi connectivity index (χ1) is 14.0. The summed E-state index contributed by atoms with van der Waals surface area (Å²) in [4.78, 5) is 15.0. The number of benzene rings is 2. The third-order valence-electron chi connectivity index (χ3n) is 5.54. The maximum absolute atomic E-state index is 13.8. The molecule has 6 heteroatoms. The molecule has 29 heavy (non-hydrogen) atoms. The number of amides is 1. The number of nitrogens with one attached hydrogen (secondary N) is 3. The summed E-state index contributed by atoms with van der Waals surface area (Å²) in [5.41, 5.74) is 2.22. The molecule has 0 saturated carbocycles. The average Bonchev–Trinajstić information content (AvgIpc) is 2.70. The van der Waals surface area contributed by atoms with E-state index in [1.165, 1.54) is 18.7 Å². The Morgan fingerprint density at radius 3 is 2.55 bits per heavy atom. The summed E-state index contributed by atoms with van der Waals surface area (Å²) in [6.07, 6.45) is 2.02. The minimum absolute atomic E-state index is 0.0630. The van der Waals surface area contributed by atoms with E-state index in [0.29, 0.717) is 13.1 Å². The van der Waals surface area contributed by atoms with Crippen LogP contribution in [0.4, 0.5) is 4.39 Å². The summed E-state index contributed by atoms with van der Waals surface area (Å²) >= 11 is 0. The maximum atomic E-state index is 13.8. The molecule has 3 rings (SSSR count). The molecule has 1 unspecified atom stereocenters. The Morgan fingerprint density at radius 1 is 1.17 bits per heavy atom. The zero-order chi connectivity index (χ0) is 20.6. The number of piperidine rings is 1. The Kier molecular flexibility index (Phi) is 7.61. The lowest BCUT2D eigenvalue weighted by Crippen LogP contribution is -3.12. The van der Waals surface area contributed by atoms with E-state index in [1.807, 2.05) is 19.2 Å². The number of rotatable bonds is 8. The SMILES string of the molecule is COc1ccc(C[NH+](C)CC(=O)NC2CC[NH+](Cc3ccccc3)CC2)cc1F. The molecule has 1 saturated heterocycles. The summed E-state index contributed by atoms with van der Waals surface area (Å²) in [5.74, 6) is -0.0649. The summed E-state index contributed by atoms with van der Waals surface area (Å²) in [5, 5.41) is 3.18. The summed E-state index contributed by atoms with van der Waals surface area (Å²) in [7, 11) is 3.40. The molecule has 2 aromatic rings. The van der Waals surface area contributed by atoms with E-state index in [4.69, 9.17) is 4.74 Å². The quantitative estimate of drug-likeness (QED) is 0.593. The van der Waals surface area contributed by atoms with E-state index in [0.717, 1.165) is 42.9 Å². The first-order valence-electron chi connectivity index (χ1n) is 10.3. The third kappa shape index (κ3) is 6.54. The minimum atomic E-state index is -0.369. The van der Waals surface area contributed by atoms with Crippen LogP contribution >= 0.6 is 0 Å². The van der Waals surface area contributed by atoms with Gasteiger partial charge in [-0.3, -0.25) is 4.79 Å². The summed E-state index contributed by atoms with van der Waals surface area (Å²) in [6, 6.07) is 15.8. The van der Waals surface area contributed by atoms with Gasteiger partial charge in [0.25, 0.3) is 5.91 Å². The van der Waals surface area contributed by atoms with Gasteiger partial charge in [-0.25, -0.2) is 4.39 Å². The Hall–Kier alpha value is -2.44. The number of likely N-dealkylation sites (N-methyl/N-ethyl adjacent to an activating group) is 1. The first-order valence-corrected chi connectivity index (χ1v) is 10.3. The van der Waals surface area contributed by atoms with Gasteiger partial charge >= 0.3 is 0 Å². The molecule has 0 aliphatic carbocycles. The lowest BCUT2D eigenvalue weighted by molar-refractivity contribution is -0.918. The second-order valence-corrected chi connectivity index (χ2v) is 8.03. The lowest BCUT2D eigenvalue weighted by Gasteiger charge is -2.30. The van der Waals surface area contributed by atoms with Gasteiger partial charge in [-0.2, -0.15) is 0 Å². The topological polar surface area (TPSA) is 47.2 Å². The van der Waals surface area contributed by atoms with Gasteiger partial charge in [0, 0.05) is 30.0 Å². The van der Waals surface area contributed by atoms with Crippen LogP contribution in [0.3, 0.4) is 0 Å². The van der Waals surface area contributed by atoms with Crippen LogP contribution < -0.4 is 19.9 Å². The fraction of sp³-hybridized carbons (Fsp3) is 0.435. The average molecular weight is 402 g/mol. The van der Waals surface area contributed by atoms with Gasteiger partial charge in [0.05, 0.1) is 27.2 Å². The molecule has 0 spiro atoms. The summed E-state index contributed by atoms with van der Waals surface area (Å²) < 4.78 is 18.8. The van der Waals surface area contributed by atoms with Crippen molar-refractivity contribution in [2.45, 2.75) is 32.0 Å². The molecular formula is C23H32FN3O2+2. The zero-order valence-corrected chi connectivity index (χ0v) is 17.3. The van der Waals surface area contributed by atoms with Crippen LogP contribution in [0.1, 0.15) is 24.0 Å². The highest BCUT2D eigenvalue weighted by Crippen LogP contribution is 2.17. The van der Waals surface area contributed by atoms with Crippen LogP contribution in [0.15, 0.2) is 48.5 Å². The van der Waals surface area contributed by atoms with Crippen molar-refractivity contribution in [2.75, 3.05) is 33.8 Å². The van der Waals surface area contributed by atoms with Crippen LogP contribution in [-0.4, -0.2) is 45.7 Å². The second-order valence-electron chi connectivity index (χ2n) is 8.03. The maximum Gasteiger partial charge on any atom is 0.275 e. The highest BCUT2D eigenvalue weighted by atomic mass is 19.1. The smallest absolute Gasteiger partial charge is 0.275 e. The number of hydrogen-bond acceptors (Lipinski definition) is 2. The highest BCUT2D eigenvalue weighted by molar-refractivity contribution is 5.77. The van der Waals surface area contributed by atoms with Crippen molar-refractivity contribution in [1.82, 2.24) is 5.32 Å². The Labute approximate surface area is 172 Å². The van der Waals surface area contributed by atoms with Crippen LogP contribution in [0, 0.1) is 5.82 Å². The molecule has 1 atom stereocenters. The molecule has 0 radical (unpaired) electrons. The number of likely N-dealkylation sites (tertiary alicyclic amines) is 1. The molecule has 1 fully saturated rings. The van der Waals surface area contributed by atoms with Gasteiger partial charge < -0.3 is 19.9 Å². The van der Waals surface area contributed by atoms with E-state index in [-0.39, 0.29) is 23.5 Å². The standard InChI is InChI=1S/C23H30FN3O2/c1-26(15-19-8-9-22(29-2)21(24)14-19)17-23(28)25-20-10-12-27(13-11-20)16-18-6-4-3-5-7-18/h3-9,14,20H,10-13,15-17H2,1-2H3,(H,25,28)/p+2. The molecule has 2 aromatic carbocycles. The first kappa shape index (κ1) is 21.3. The monoisotopic (exact) mass is 401 g/mol. The number of ether oxygens (including phenoxy) is 1. The largest absolute Gasteiger partial charge is 0.494 e. The van der Waals surface area contributed by atoms with Crippen molar-refractivity contribution >= 4 is 5.91 Å². The van der Waals surface area contributed by atoms with Crippen molar-refractivity contribution in [1.29, 1.82) is 0 Å². The lowest BCUT2D eigenvalue weighted by atomic mass is 10.0. The van der Waals surface area contributed by atoms with Crippen molar-refractivity contribution in [3.63, 3.8) is 0 Å². The van der Waals surface area contributed by atoms with Gasteiger partial charge in [-0.1, -0.05) is 30.3 Å². The highest BCUT2D eigenvalue weighted by Gasteiger charge is 2.24. The summed E-state index contributed by atoms with van der Waals surface area (Å²) in [6.45, 7) is 4.17. The Morgan fingerprint density at radius 2 is 1.90 bits per heavy atom. The van der Waals surface area contributed by atoms with Gasteiger partial charge in [0.1, 0.15) is 13.1 Å². The van der Waals surface area contributed by atoms with E-state index in [1.54, 1.807) is 11.0 Å². The van der Waals surface area contributed by atoms with Gasteiger partial charge in [0.2, 0.25) is 0 Å². The van der Waals surface area contributed by atoms with Crippen molar-refractivity contribution in [3.8, 4) is 5.75 Å². The number of carbonyl (C=O) groups excluding carboxylic acids is 1. The van der Waals surface area contributed by atoms with Crippen LogP contribution in [0.2, 0.25) is 0 Å². The normalized spacial score (nSPS) is 20.1. The van der Waals surface area contributed by atoms with Crippen molar-refractivity contribution in [3.05, 3.63) is 65.5 Å². The predicted octanol–water partition coefficient (Wildman–Crippen LogP) is 0.213. The van der Waals surface area contributed by atoms with Gasteiger partial charge in [0.15, 0.2) is 18.1 Å².